The Morgan fingerprint density at radius 1 is 1.04 bits per heavy atom. The van der Waals surface area contributed by atoms with Crippen molar-refractivity contribution in [3.8, 4) is 0 Å². The van der Waals surface area contributed by atoms with Crippen LogP contribution in [0, 0.1) is 0 Å². The van der Waals surface area contributed by atoms with Gasteiger partial charge >= 0.3 is 6.18 Å². The molecule has 1 amide bonds. The second-order valence-electron chi connectivity index (χ2n) is 5.56. The van der Waals surface area contributed by atoms with Gasteiger partial charge in [-0.3, -0.25) is 4.79 Å². The molecule has 0 spiro atoms. The number of hydrogen-bond donors (Lipinski definition) is 2. The molecule has 0 aromatic heterocycles. The van der Waals surface area contributed by atoms with E-state index in [2.05, 4.69) is 10.6 Å². The quantitative estimate of drug-likeness (QED) is 0.829. The molecule has 0 aliphatic carbocycles. The number of benzene rings is 2. The zero-order chi connectivity index (χ0) is 17.6. The first-order valence-corrected chi connectivity index (χ1v) is 7.59. The first-order chi connectivity index (χ1) is 11.4. The van der Waals surface area contributed by atoms with E-state index < -0.39 is 17.6 Å². The van der Waals surface area contributed by atoms with Crippen LogP contribution in [-0.4, -0.2) is 11.9 Å². The van der Waals surface area contributed by atoms with Gasteiger partial charge in [-0.1, -0.05) is 42.5 Å². The van der Waals surface area contributed by atoms with Gasteiger partial charge in [-0.15, -0.1) is 0 Å². The highest BCUT2D eigenvalue weighted by molar-refractivity contribution is 5.92. The number of rotatable bonds is 6. The van der Waals surface area contributed by atoms with E-state index in [4.69, 9.17) is 0 Å². The maximum atomic E-state index is 12.9. The second-order valence-corrected chi connectivity index (χ2v) is 5.56. The number of halogens is 3. The summed E-state index contributed by atoms with van der Waals surface area (Å²) in [5, 5.41) is 5.52. The van der Waals surface area contributed by atoms with E-state index in [0.717, 1.165) is 11.6 Å². The maximum Gasteiger partial charge on any atom is 0.418 e. The molecule has 3 nitrogen and oxygen atoms in total. The maximum absolute atomic E-state index is 12.9. The Hall–Kier alpha value is -2.34. The van der Waals surface area contributed by atoms with Gasteiger partial charge in [0.25, 0.3) is 0 Å². The molecule has 0 fully saturated rings. The van der Waals surface area contributed by atoms with Crippen molar-refractivity contribution in [2.24, 2.45) is 0 Å². The molecule has 2 N–H and O–H groups in total. The zero-order valence-corrected chi connectivity index (χ0v) is 13.2. The number of hydrogen-bond acceptors (Lipinski definition) is 2. The summed E-state index contributed by atoms with van der Waals surface area (Å²) in [6.45, 7) is 2.41. The molecule has 6 heteroatoms. The lowest BCUT2D eigenvalue weighted by Crippen LogP contribution is -2.30. The lowest BCUT2D eigenvalue weighted by Gasteiger charge is -2.16. The van der Waals surface area contributed by atoms with E-state index in [1.54, 1.807) is 0 Å². The Bertz CT molecular complexity index is 671. The van der Waals surface area contributed by atoms with Crippen LogP contribution < -0.4 is 10.6 Å². The Kier molecular flexibility index (Phi) is 5.98. The molecular formula is C18H19F3N2O. The fraction of sp³-hybridized carbons (Fsp3) is 0.278. The summed E-state index contributed by atoms with van der Waals surface area (Å²) >= 11 is 0. The Balaban J connectivity index is 1.89. The highest BCUT2D eigenvalue weighted by Gasteiger charge is 2.33. The van der Waals surface area contributed by atoms with Crippen LogP contribution in [0.1, 0.15) is 24.5 Å². The van der Waals surface area contributed by atoms with Gasteiger partial charge in [0.2, 0.25) is 5.91 Å². The number of anilines is 1. The van der Waals surface area contributed by atoms with Crippen molar-refractivity contribution >= 4 is 11.6 Å². The van der Waals surface area contributed by atoms with E-state index in [9.17, 15) is 18.0 Å². The molecule has 2 aromatic carbocycles. The molecule has 0 bridgehead atoms. The zero-order valence-electron chi connectivity index (χ0n) is 13.2. The molecule has 0 aliphatic rings. The van der Waals surface area contributed by atoms with Gasteiger partial charge < -0.3 is 10.6 Å². The average Bonchev–Trinajstić information content (AvgIpc) is 2.53. The molecule has 2 aromatic rings. The van der Waals surface area contributed by atoms with Gasteiger partial charge in [0.1, 0.15) is 0 Å². The minimum atomic E-state index is -4.50. The summed E-state index contributed by atoms with van der Waals surface area (Å²) in [7, 11) is 0. The molecule has 0 heterocycles. The van der Waals surface area contributed by atoms with Crippen molar-refractivity contribution < 1.29 is 18.0 Å². The summed E-state index contributed by atoms with van der Waals surface area (Å²) in [6, 6.07) is 14.5. The fourth-order valence-electron chi connectivity index (χ4n) is 2.28. The monoisotopic (exact) mass is 336 g/mol. The molecule has 24 heavy (non-hydrogen) atoms. The number of amides is 1. The molecule has 1 atom stereocenters. The van der Waals surface area contributed by atoms with Crippen LogP contribution in [0.2, 0.25) is 0 Å². The summed E-state index contributed by atoms with van der Waals surface area (Å²) < 4.78 is 38.7. The number of carbonyl (C=O) groups excluding carboxylic acids is 1. The smallest absolute Gasteiger partial charge is 0.325 e. The van der Waals surface area contributed by atoms with Crippen molar-refractivity contribution in [3.63, 3.8) is 0 Å². The van der Waals surface area contributed by atoms with Gasteiger partial charge in [-0.2, -0.15) is 13.2 Å². The van der Waals surface area contributed by atoms with E-state index in [0.29, 0.717) is 6.54 Å². The largest absolute Gasteiger partial charge is 0.418 e. The van der Waals surface area contributed by atoms with Crippen LogP contribution in [0.15, 0.2) is 54.6 Å². The normalized spacial score (nSPS) is 12.7. The van der Waals surface area contributed by atoms with E-state index in [-0.39, 0.29) is 18.2 Å². The van der Waals surface area contributed by atoms with Gasteiger partial charge in [-0.25, -0.2) is 0 Å². The minimum absolute atomic E-state index is 0.0824. The van der Waals surface area contributed by atoms with E-state index in [1.165, 1.54) is 18.2 Å². The van der Waals surface area contributed by atoms with Crippen LogP contribution in [0.4, 0.5) is 18.9 Å². The van der Waals surface area contributed by atoms with Gasteiger partial charge in [0.15, 0.2) is 0 Å². The molecule has 0 saturated heterocycles. The lowest BCUT2D eigenvalue weighted by molar-refractivity contribution is -0.137. The first-order valence-electron chi connectivity index (χ1n) is 7.59. The van der Waals surface area contributed by atoms with E-state index in [1.807, 2.05) is 37.3 Å². The number of alkyl halides is 3. The van der Waals surface area contributed by atoms with Gasteiger partial charge in [0, 0.05) is 19.0 Å². The molecule has 0 radical (unpaired) electrons. The molecule has 128 valence electrons. The predicted molar refractivity (Wildman–Crippen MR) is 87.4 cm³/mol. The Morgan fingerprint density at radius 3 is 2.33 bits per heavy atom. The summed E-state index contributed by atoms with van der Waals surface area (Å²) in [6.07, 6.45) is -4.42. The summed E-state index contributed by atoms with van der Waals surface area (Å²) in [5.41, 5.74) is 0.0145. The van der Waals surface area contributed by atoms with Crippen LogP contribution >= 0.6 is 0 Å². The third-order valence-corrected chi connectivity index (χ3v) is 3.50. The average molecular weight is 336 g/mol. The third kappa shape index (κ3) is 5.38. The number of nitrogens with one attached hydrogen (secondary N) is 2. The molecule has 0 saturated carbocycles. The van der Waals surface area contributed by atoms with Crippen molar-refractivity contribution in [2.45, 2.75) is 32.1 Å². The third-order valence-electron chi connectivity index (χ3n) is 3.50. The molecular weight excluding hydrogens is 317 g/mol. The predicted octanol–water partition coefficient (Wildman–Crippen LogP) is 4.21. The lowest BCUT2D eigenvalue weighted by atomic mass is 10.1. The van der Waals surface area contributed by atoms with Crippen molar-refractivity contribution in [2.75, 3.05) is 5.32 Å². The van der Waals surface area contributed by atoms with Crippen LogP contribution in [0.25, 0.3) is 0 Å². The Morgan fingerprint density at radius 2 is 1.67 bits per heavy atom. The van der Waals surface area contributed by atoms with Gasteiger partial charge in [0.05, 0.1) is 11.3 Å². The molecule has 2 rings (SSSR count). The SMILES string of the molecule is CC(CC(=O)Nc1ccccc1C(F)(F)F)NCc1ccccc1. The van der Waals surface area contributed by atoms with Crippen molar-refractivity contribution in [1.82, 2.24) is 5.32 Å². The fourth-order valence-corrected chi connectivity index (χ4v) is 2.28. The van der Waals surface area contributed by atoms with Crippen molar-refractivity contribution in [3.05, 3.63) is 65.7 Å². The highest BCUT2D eigenvalue weighted by Crippen LogP contribution is 2.34. The summed E-state index contributed by atoms with van der Waals surface area (Å²) in [4.78, 5) is 12.0. The van der Waals surface area contributed by atoms with Crippen molar-refractivity contribution in [1.29, 1.82) is 0 Å². The standard InChI is InChI=1S/C18H19F3N2O/c1-13(22-12-14-7-3-2-4-8-14)11-17(24)23-16-10-6-5-9-15(16)18(19,20)21/h2-10,13,22H,11-12H2,1H3,(H,23,24). The number of carbonyl (C=O) groups is 1. The van der Waals surface area contributed by atoms with Gasteiger partial charge in [-0.05, 0) is 24.6 Å². The van der Waals surface area contributed by atoms with E-state index >= 15 is 0 Å². The summed E-state index contributed by atoms with van der Waals surface area (Å²) in [5.74, 6) is -0.459. The second kappa shape index (κ2) is 7.97. The van der Waals surface area contributed by atoms with Crippen LogP contribution in [-0.2, 0) is 17.5 Å². The first kappa shape index (κ1) is 18.0. The minimum Gasteiger partial charge on any atom is -0.325 e. The molecule has 1 unspecified atom stereocenters. The number of para-hydroxylation sites is 1. The van der Waals surface area contributed by atoms with Crippen LogP contribution in [0.5, 0.6) is 0 Å². The highest BCUT2D eigenvalue weighted by atomic mass is 19.4. The van der Waals surface area contributed by atoms with Crippen LogP contribution in [0.3, 0.4) is 0 Å². The Labute approximate surface area is 138 Å². The molecule has 0 aliphatic heterocycles. The topological polar surface area (TPSA) is 41.1 Å².